The maximum Gasteiger partial charge on any atom is 0.272 e. The van der Waals surface area contributed by atoms with E-state index in [0.717, 1.165) is 30.5 Å². The van der Waals surface area contributed by atoms with Crippen LogP contribution in [0.25, 0.3) is 11.1 Å². The van der Waals surface area contributed by atoms with Crippen LogP contribution < -0.4 is 5.32 Å². The van der Waals surface area contributed by atoms with Crippen LogP contribution in [0.15, 0.2) is 79.0 Å². The molecule has 1 N–H and O–H groups in total. The molecule has 152 valence electrons. The zero-order chi connectivity index (χ0) is 20.8. The topological polar surface area (TPSA) is 62.3 Å². The van der Waals surface area contributed by atoms with Gasteiger partial charge in [0.15, 0.2) is 0 Å². The van der Waals surface area contributed by atoms with Gasteiger partial charge in [0.05, 0.1) is 0 Å². The molecule has 0 spiro atoms. The van der Waals surface area contributed by atoms with Gasteiger partial charge in [-0.25, -0.2) is 0 Å². The van der Waals surface area contributed by atoms with Gasteiger partial charge < -0.3 is 10.2 Å². The number of aromatic nitrogens is 1. The first-order valence-corrected chi connectivity index (χ1v) is 10.3. The molecule has 4 rings (SSSR count). The van der Waals surface area contributed by atoms with E-state index < -0.39 is 0 Å². The van der Waals surface area contributed by atoms with Crippen molar-refractivity contribution in [2.75, 3.05) is 19.6 Å². The number of carbonyl (C=O) groups is 2. The molecule has 0 unspecified atom stereocenters. The number of rotatable bonds is 5. The van der Waals surface area contributed by atoms with Gasteiger partial charge >= 0.3 is 0 Å². The van der Waals surface area contributed by atoms with E-state index in [0.29, 0.717) is 24.3 Å². The normalized spacial score (nSPS) is 16.1. The van der Waals surface area contributed by atoms with E-state index in [1.807, 2.05) is 53.4 Å². The summed E-state index contributed by atoms with van der Waals surface area (Å²) in [5.74, 6) is 0.130. The van der Waals surface area contributed by atoms with Crippen molar-refractivity contribution in [1.29, 1.82) is 0 Å². The van der Waals surface area contributed by atoms with Crippen LogP contribution in [0.1, 0.15) is 33.7 Å². The molecule has 0 saturated carbocycles. The fraction of sp³-hybridized carbons (Fsp3) is 0.240. The number of pyridine rings is 1. The van der Waals surface area contributed by atoms with E-state index in [-0.39, 0.29) is 17.7 Å². The second-order valence-electron chi connectivity index (χ2n) is 7.63. The number of nitrogens with one attached hydrogen (secondary N) is 1. The van der Waals surface area contributed by atoms with Crippen LogP contribution in [0.5, 0.6) is 0 Å². The average Bonchev–Trinajstić information content (AvgIpc) is 2.83. The van der Waals surface area contributed by atoms with Gasteiger partial charge in [-0.2, -0.15) is 0 Å². The predicted octanol–water partition coefficient (Wildman–Crippen LogP) is 4.03. The number of benzene rings is 2. The molecule has 1 atom stereocenters. The Morgan fingerprint density at radius 2 is 1.67 bits per heavy atom. The fourth-order valence-corrected chi connectivity index (χ4v) is 3.85. The average molecular weight is 399 g/mol. The lowest BCUT2D eigenvalue weighted by Gasteiger charge is -2.32. The Morgan fingerprint density at radius 1 is 0.933 bits per heavy atom. The van der Waals surface area contributed by atoms with Crippen molar-refractivity contribution in [2.45, 2.75) is 12.8 Å². The summed E-state index contributed by atoms with van der Waals surface area (Å²) in [6.45, 7) is 1.94. The molecule has 0 bridgehead atoms. The highest BCUT2D eigenvalue weighted by Crippen LogP contribution is 2.20. The zero-order valence-electron chi connectivity index (χ0n) is 16.8. The highest BCUT2D eigenvalue weighted by Gasteiger charge is 2.25. The summed E-state index contributed by atoms with van der Waals surface area (Å²) < 4.78 is 0. The minimum atomic E-state index is -0.0808. The Labute approximate surface area is 176 Å². The Balaban J connectivity index is 1.32. The van der Waals surface area contributed by atoms with Crippen molar-refractivity contribution in [3.63, 3.8) is 0 Å². The molecule has 5 heteroatoms. The third-order valence-electron chi connectivity index (χ3n) is 5.50. The second kappa shape index (κ2) is 9.35. The second-order valence-corrected chi connectivity index (χ2v) is 7.63. The molecule has 1 aliphatic heterocycles. The van der Waals surface area contributed by atoms with Gasteiger partial charge in [0.25, 0.3) is 11.8 Å². The molecule has 30 heavy (non-hydrogen) atoms. The summed E-state index contributed by atoms with van der Waals surface area (Å²) in [5.41, 5.74) is 3.33. The Bertz CT molecular complexity index is 988. The van der Waals surface area contributed by atoms with Crippen LogP contribution in [-0.4, -0.2) is 41.3 Å². The molecule has 2 amide bonds. The minimum Gasteiger partial charge on any atom is -0.352 e. The van der Waals surface area contributed by atoms with Gasteiger partial charge in [0.1, 0.15) is 5.69 Å². The van der Waals surface area contributed by atoms with Crippen molar-refractivity contribution < 1.29 is 9.59 Å². The summed E-state index contributed by atoms with van der Waals surface area (Å²) >= 11 is 0. The standard InChI is InChI=1S/C25H25N3O2/c29-24(22-13-11-21(12-14-22)20-8-2-1-3-9-20)27-17-19-7-6-16-28(18-19)25(30)23-10-4-5-15-26-23/h1-5,8-15,19H,6-7,16-18H2,(H,27,29)/t19-/m1/s1. The zero-order valence-corrected chi connectivity index (χ0v) is 16.8. The first kappa shape index (κ1) is 19.8. The molecule has 1 saturated heterocycles. The van der Waals surface area contributed by atoms with Crippen LogP contribution in [0, 0.1) is 5.92 Å². The molecule has 3 aromatic rings. The van der Waals surface area contributed by atoms with Crippen LogP contribution in [-0.2, 0) is 0 Å². The van der Waals surface area contributed by atoms with E-state index >= 15 is 0 Å². The number of carbonyl (C=O) groups excluding carboxylic acids is 2. The third kappa shape index (κ3) is 4.74. The fourth-order valence-electron chi connectivity index (χ4n) is 3.85. The highest BCUT2D eigenvalue weighted by molar-refractivity contribution is 5.94. The molecular weight excluding hydrogens is 374 g/mol. The van der Waals surface area contributed by atoms with Crippen molar-refractivity contribution in [1.82, 2.24) is 15.2 Å². The molecular formula is C25H25N3O2. The maximum absolute atomic E-state index is 12.6. The van der Waals surface area contributed by atoms with E-state index in [2.05, 4.69) is 22.4 Å². The van der Waals surface area contributed by atoms with Gasteiger partial charge in [-0.3, -0.25) is 14.6 Å². The van der Waals surface area contributed by atoms with E-state index in [9.17, 15) is 9.59 Å². The van der Waals surface area contributed by atoms with Crippen molar-refractivity contribution in [3.8, 4) is 11.1 Å². The number of nitrogens with zero attached hydrogens (tertiary/aromatic N) is 2. The molecule has 0 radical (unpaired) electrons. The minimum absolute atomic E-state index is 0.0388. The van der Waals surface area contributed by atoms with Crippen LogP contribution >= 0.6 is 0 Å². The van der Waals surface area contributed by atoms with E-state index in [1.54, 1.807) is 18.3 Å². The maximum atomic E-state index is 12.6. The molecule has 0 aliphatic carbocycles. The predicted molar refractivity (Wildman–Crippen MR) is 117 cm³/mol. The molecule has 1 aliphatic rings. The SMILES string of the molecule is O=C(NC[C@H]1CCCN(C(=O)c2ccccn2)C1)c1ccc(-c2ccccc2)cc1. The van der Waals surface area contributed by atoms with Gasteiger partial charge in [-0.15, -0.1) is 0 Å². The largest absolute Gasteiger partial charge is 0.352 e. The van der Waals surface area contributed by atoms with Crippen molar-refractivity contribution >= 4 is 11.8 Å². The van der Waals surface area contributed by atoms with E-state index in [1.165, 1.54) is 0 Å². The van der Waals surface area contributed by atoms with Gasteiger partial charge in [0.2, 0.25) is 0 Å². The number of hydrogen-bond donors (Lipinski definition) is 1. The summed E-state index contributed by atoms with van der Waals surface area (Å²) in [7, 11) is 0. The summed E-state index contributed by atoms with van der Waals surface area (Å²) in [6, 6.07) is 23.1. The first-order chi connectivity index (χ1) is 14.7. The highest BCUT2D eigenvalue weighted by atomic mass is 16.2. The summed E-state index contributed by atoms with van der Waals surface area (Å²) in [6.07, 6.45) is 3.57. The lowest BCUT2D eigenvalue weighted by Crippen LogP contribution is -2.43. The molecule has 5 nitrogen and oxygen atoms in total. The van der Waals surface area contributed by atoms with Crippen molar-refractivity contribution in [3.05, 3.63) is 90.3 Å². The van der Waals surface area contributed by atoms with Crippen LogP contribution in [0.4, 0.5) is 0 Å². The molecule has 1 fully saturated rings. The number of hydrogen-bond acceptors (Lipinski definition) is 3. The Morgan fingerprint density at radius 3 is 2.40 bits per heavy atom. The number of piperidine rings is 1. The lowest BCUT2D eigenvalue weighted by molar-refractivity contribution is 0.0665. The van der Waals surface area contributed by atoms with Gasteiger partial charge in [-0.1, -0.05) is 48.5 Å². The number of amides is 2. The monoisotopic (exact) mass is 399 g/mol. The van der Waals surface area contributed by atoms with Crippen LogP contribution in [0.2, 0.25) is 0 Å². The Hall–Kier alpha value is -3.47. The number of likely N-dealkylation sites (tertiary alicyclic amines) is 1. The molecule has 2 aromatic carbocycles. The molecule has 2 heterocycles. The Kier molecular flexibility index (Phi) is 6.18. The lowest BCUT2D eigenvalue weighted by atomic mass is 9.97. The smallest absolute Gasteiger partial charge is 0.272 e. The quantitative estimate of drug-likeness (QED) is 0.705. The van der Waals surface area contributed by atoms with Crippen LogP contribution in [0.3, 0.4) is 0 Å². The summed E-state index contributed by atoms with van der Waals surface area (Å²) in [4.78, 5) is 31.2. The van der Waals surface area contributed by atoms with Gasteiger partial charge in [-0.05, 0) is 54.2 Å². The van der Waals surface area contributed by atoms with E-state index in [4.69, 9.17) is 0 Å². The van der Waals surface area contributed by atoms with Crippen molar-refractivity contribution in [2.24, 2.45) is 5.92 Å². The first-order valence-electron chi connectivity index (χ1n) is 10.3. The van der Waals surface area contributed by atoms with Gasteiger partial charge in [0, 0.05) is 31.4 Å². The molecule has 1 aromatic heterocycles. The summed E-state index contributed by atoms with van der Waals surface area (Å²) in [5, 5.41) is 3.03. The third-order valence-corrected chi connectivity index (χ3v) is 5.50.